The standard InChI is InChI=1S/C17H26O2/c1-13(2)15-8-5-9-17(11-15)19-12-16(18)10-14-6-3-4-7-14/h5,8-9,11,13-14,16,18H,3-4,6-7,10,12H2,1-2H3. The Labute approximate surface area is 116 Å². The third-order valence-electron chi connectivity index (χ3n) is 4.05. The molecule has 0 saturated heterocycles. The van der Waals surface area contributed by atoms with Gasteiger partial charge in [-0.25, -0.2) is 0 Å². The predicted molar refractivity (Wildman–Crippen MR) is 78.6 cm³/mol. The summed E-state index contributed by atoms with van der Waals surface area (Å²) < 4.78 is 5.72. The molecule has 0 aliphatic heterocycles. The molecule has 106 valence electrons. The van der Waals surface area contributed by atoms with Crippen molar-refractivity contribution in [2.24, 2.45) is 5.92 Å². The van der Waals surface area contributed by atoms with Gasteiger partial charge in [0.25, 0.3) is 0 Å². The lowest BCUT2D eigenvalue weighted by atomic mass is 10.0. The second kappa shape index (κ2) is 6.95. The summed E-state index contributed by atoms with van der Waals surface area (Å²) in [6, 6.07) is 8.18. The van der Waals surface area contributed by atoms with Crippen LogP contribution in [0.1, 0.15) is 57.4 Å². The summed E-state index contributed by atoms with van der Waals surface area (Å²) in [6.45, 7) is 4.76. The van der Waals surface area contributed by atoms with Crippen LogP contribution in [0.5, 0.6) is 5.75 Å². The van der Waals surface area contributed by atoms with Crippen molar-refractivity contribution in [1.29, 1.82) is 0 Å². The molecule has 0 spiro atoms. The minimum absolute atomic E-state index is 0.328. The van der Waals surface area contributed by atoms with Crippen molar-refractivity contribution in [3.8, 4) is 5.75 Å². The number of hydrogen-bond donors (Lipinski definition) is 1. The zero-order valence-electron chi connectivity index (χ0n) is 12.1. The van der Waals surface area contributed by atoms with Crippen molar-refractivity contribution in [2.75, 3.05) is 6.61 Å². The first-order chi connectivity index (χ1) is 9.15. The molecule has 0 bridgehead atoms. The van der Waals surface area contributed by atoms with Gasteiger partial charge in [0, 0.05) is 0 Å². The van der Waals surface area contributed by atoms with Crippen LogP contribution < -0.4 is 4.74 Å². The molecular weight excluding hydrogens is 236 g/mol. The Morgan fingerprint density at radius 1 is 1.26 bits per heavy atom. The van der Waals surface area contributed by atoms with E-state index < -0.39 is 0 Å². The molecule has 1 aliphatic carbocycles. The quantitative estimate of drug-likeness (QED) is 0.835. The largest absolute Gasteiger partial charge is 0.491 e. The molecule has 1 aromatic rings. The Morgan fingerprint density at radius 3 is 2.68 bits per heavy atom. The van der Waals surface area contributed by atoms with Gasteiger partial charge < -0.3 is 9.84 Å². The maximum atomic E-state index is 10.0. The topological polar surface area (TPSA) is 29.5 Å². The number of rotatable bonds is 6. The van der Waals surface area contributed by atoms with Crippen molar-refractivity contribution in [1.82, 2.24) is 0 Å². The number of aliphatic hydroxyl groups excluding tert-OH is 1. The SMILES string of the molecule is CC(C)c1cccc(OCC(O)CC2CCCC2)c1. The first kappa shape index (κ1) is 14.4. The van der Waals surface area contributed by atoms with Gasteiger partial charge >= 0.3 is 0 Å². The van der Waals surface area contributed by atoms with Gasteiger partial charge in [-0.2, -0.15) is 0 Å². The van der Waals surface area contributed by atoms with Crippen LogP contribution in [-0.2, 0) is 0 Å². The maximum Gasteiger partial charge on any atom is 0.119 e. The third kappa shape index (κ3) is 4.54. The van der Waals surface area contributed by atoms with E-state index in [4.69, 9.17) is 4.74 Å². The number of aliphatic hydroxyl groups is 1. The van der Waals surface area contributed by atoms with Crippen LogP contribution >= 0.6 is 0 Å². The fraction of sp³-hybridized carbons (Fsp3) is 0.647. The molecule has 2 nitrogen and oxygen atoms in total. The number of ether oxygens (including phenoxy) is 1. The first-order valence-corrected chi connectivity index (χ1v) is 7.56. The van der Waals surface area contributed by atoms with Crippen LogP contribution in [0, 0.1) is 5.92 Å². The highest BCUT2D eigenvalue weighted by Crippen LogP contribution is 2.28. The summed E-state index contributed by atoms with van der Waals surface area (Å²) in [5, 5.41) is 10.0. The van der Waals surface area contributed by atoms with Crippen molar-refractivity contribution in [3.05, 3.63) is 29.8 Å². The van der Waals surface area contributed by atoms with Gasteiger partial charge in [0.05, 0.1) is 6.10 Å². The molecule has 0 amide bonds. The highest BCUT2D eigenvalue weighted by atomic mass is 16.5. The van der Waals surface area contributed by atoms with Crippen LogP contribution in [0.15, 0.2) is 24.3 Å². The van der Waals surface area contributed by atoms with E-state index in [9.17, 15) is 5.11 Å². The normalized spacial score (nSPS) is 17.9. The van der Waals surface area contributed by atoms with E-state index in [1.165, 1.54) is 31.2 Å². The number of hydrogen-bond acceptors (Lipinski definition) is 2. The van der Waals surface area contributed by atoms with Crippen LogP contribution in [0.4, 0.5) is 0 Å². The lowest BCUT2D eigenvalue weighted by molar-refractivity contribution is 0.0855. The molecule has 0 aromatic heterocycles. The number of benzene rings is 1. The molecule has 1 atom stereocenters. The molecule has 2 heteroatoms. The molecular formula is C17H26O2. The minimum atomic E-state index is -0.328. The summed E-state index contributed by atoms with van der Waals surface area (Å²) in [5.74, 6) is 2.09. The second-order valence-corrected chi connectivity index (χ2v) is 6.08. The maximum absolute atomic E-state index is 10.0. The second-order valence-electron chi connectivity index (χ2n) is 6.08. The molecule has 19 heavy (non-hydrogen) atoms. The molecule has 2 rings (SSSR count). The molecule has 1 aliphatic rings. The summed E-state index contributed by atoms with van der Waals surface area (Å²) in [5.41, 5.74) is 1.28. The van der Waals surface area contributed by atoms with Gasteiger partial charge in [0.2, 0.25) is 0 Å². The molecule has 1 aromatic carbocycles. The van der Waals surface area contributed by atoms with Gasteiger partial charge in [0.1, 0.15) is 12.4 Å². The van der Waals surface area contributed by atoms with E-state index in [0.29, 0.717) is 18.4 Å². The Balaban J connectivity index is 1.79. The van der Waals surface area contributed by atoms with Crippen LogP contribution in [0.2, 0.25) is 0 Å². The van der Waals surface area contributed by atoms with Crippen molar-refractivity contribution in [2.45, 2.75) is 58.0 Å². The Bertz CT molecular complexity index is 381. The lowest BCUT2D eigenvalue weighted by Crippen LogP contribution is -2.20. The third-order valence-corrected chi connectivity index (χ3v) is 4.05. The zero-order valence-corrected chi connectivity index (χ0v) is 12.1. The fourth-order valence-corrected chi connectivity index (χ4v) is 2.85. The fourth-order valence-electron chi connectivity index (χ4n) is 2.85. The molecule has 1 saturated carbocycles. The van der Waals surface area contributed by atoms with Crippen molar-refractivity contribution >= 4 is 0 Å². The zero-order chi connectivity index (χ0) is 13.7. The van der Waals surface area contributed by atoms with Gasteiger partial charge in [-0.3, -0.25) is 0 Å². The highest BCUT2D eigenvalue weighted by Gasteiger charge is 2.19. The van der Waals surface area contributed by atoms with Crippen LogP contribution in [0.3, 0.4) is 0 Å². The Morgan fingerprint density at radius 2 is 2.00 bits per heavy atom. The summed E-state index contributed by atoms with van der Waals surface area (Å²) in [6.07, 6.45) is 5.78. The molecule has 1 N–H and O–H groups in total. The molecule has 0 heterocycles. The average Bonchev–Trinajstić information content (AvgIpc) is 2.89. The minimum Gasteiger partial charge on any atom is -0.491 e. The van der Waals surface area contributed by atoms with E-state index in [0.717, 1.165) is 12.2 Å². The smallest absolute Gasteiger partial charge is 0.119 e. The monoisotopic (exact) mass is 262 g/mol. The van der Waals surface area contributed by atoms with Crippen molar-refractivity contribution < 1.29 is 9.84 Å². The summed E-state index contributed by atoms with van der Waals surface area (Å²) in [4.78, 5) is 0. The predicted octanol–water partition coefficient (Wildman–Crippen LogP) is 4.13. The van der Waals surface area contributed by atoms with Gasteiger partial charge in [-0.1, -0.05) is 51.7 Å². The van der Waals surface area contributed by atoms with E-state index in [1.807, 2.05) is 12.1 Å². The van der Waals surface area contributed by atoms with Gasteiger partial charge in [0.15, 0.2) is 0 Å². The highest BCUT2D eigenvalue weighted by molar-refractivity contribution is 5.30. The van der Waals surface area contributed by atoms with E-state index in [2.05, 4.69) is 26.0 Å². The Hall–Kier alpha value is -1.02. The van der Waals surface area contributed by atoms with Crippen LogP contribution in [-0.4, -0.2) is 17.8 Å². The first-order valence-electron chi connectivity index (χ1n) is 7.56. The molecule has 1 unspecified atom stereocenters. The average molecular weight is 262 g/mol. The van der Waals surface area contributed by atoms with Crippen LogP contribution in [0.25, 0.3) is 0 Å². The van der Waals surface area contributed by atoms with Crippen molar-refractivity contribution in [3.63, 3.8) is 0 Å². The van der Waals surface area contributed by atoms with E-state index in [-0.39, 0.29) is 6.10 Å². The van der Waals surface area contributed by atoms with E-state index >= 15 is 0 Å². The lowest BCUT2D eigenvalue weighted by Gasteiger charge is -2.16. The molecule has 1 fully saturated rings. The summed E-state index contributed by atoms with van der Waals surface area (Å²) >= 11 is 0. The van der Waals surface area contributed by atoms with E-state index in [1.54, 1.807) is 0 Å². The Kier molecular flexibility index (Phi) is 5.26. The molecule has 0 radical (unpaired) electrons. The van der Waals surface area contributed by atoms with Gasteiger partial charge in [-0.15, -0.1) is 0 Å². The summed E-state index contributed by atoms with van der Waals surface area (Å²) in [7, 11) is 0. The van der Waals surface area contributed by atoms with Gasteiger partial charge in [-0.05, 0) is 36.0 Å².